The van der Waals surface area contributed by atoms with Crippen molar-refractivity contribution in [1.82, 2.24) is 9.97 Å². The van der Waals surface area contributed by atoms with Crippen LogP contribution in [-0.2, 0) is 0 Å². The van der Waals surface area contributed by atoms with Crippen LogP contribution >= 0.6 is 0 Å². The molecule has 0 aliphatic carbocycles. The summed E-state index contributed by atoms with van der Waals surface area (Å²) < 4.78 is 52.7. The van der Waals surface area contributed by atoms with Gasteiger partial charge in [0.25, 0.3) is 0 Å². The molecule has 0 atom stereocenters. The van der Waals surface area contributed by atoms with Gasteiger partial charge in [-0.1, -0.05) is 0 Å². The zero-order chi connectivity index (χ0) is 13.1. The lowest BCUT2D eigenvalue weighted by atomic mass is 10.4. The summed E-state index contributed by atoms with van der Waals surface area (Å²) in [5.74, 6) is -6.34. The Bertz CT molecular complexity index is 414. The highest BCUT2D eigenvalue weighted by atomic mass is 19.3. The van der Waals surface area contributed by atoms with Gasteiger partial charge in [-0.15, -0.1) is 0 Å². The molecule has 0 aliphatic heterocycles. The molecule has 0 bridgehead atoms. The molecule has 1 aromatic heterocycles. The number of aromatic nitrogens is 2. The molecule has 0 amide bonds. The van der Waals surface area contributed by atoms with Gasteiger partial charge in [-0.3, -0.25) is 4.98 Å². The molecule has 0 saturated carbocycles. The number of hydrogen-bond acceptors (Lipinski definition) is 4. The van der Waals surface area contributed by atoms with Gasteiger partial charge in [-0.2, -0.15) is 8.78 Å². The molecule has 1 rings (SSSR count). The van der Waals surface area contributed by atoms with Crippen molar-refractivity contribution in [2.45, 2.75) is 12.3 Å². The fourth-order valence-corrected chi connectivity index (χ4v) is 0.754. The molecular weight excluding hydrogens is 248 g/mol. The van der Waals surface area contributed by atoms with Crippen LogP contribution in [0.15, 0.2) is 12.4 Å². The van der Waals surface area contributed by atoms with E-state index in [1.54, 1.807) is 0 Å². The molecule has 1 heterocycles. The Hall–Kier alpha value is -1.93. The van der Waals surface area contributed by atoms with Crippen LogP contribution in [0.5, 0.6) is 5.88 Å². The zero-order valence-electron chi connectivity index (χ0n) is 8.11. The first-order chi connectivity index (χ1) is 7.83. The minimum Gasteiger partial charge on any atom is -0.476 e. The van der Waals surface area contributed by atoms with E-state index in [1.807, 2.05) is 0 Å². The zero-order valence-corrected chi connectivity index (χ0v) is 8.11. The molecule has 0 radical (unpaired) electrons. The van der Waals surface area contributed by atoms with Crippen molar-refractivity contribution >= 4 is 5.97 Å². The Labute approximate surface area is 92.1 Å². The van der Waals surface area contributed by atoms with Crippen molar-refractivity contribution in [2.75, 3.05) is 6.61 Å². The number of hydrogen-bond donors (Lipinski definition) is 1. The summed E-state index contributed by atoms with van der Waals surface area (Å²) in [4.78, 5) is 17.1. The molecule has 0 aromatic carbocycles. The lowest BCUT2D eigenvalue weighted by molar-refractivity contribution is -0.148. The van der Waals surface area contributed by atoms with E-state index in [9.17, 15) is 22.4 Å². The van der Waals surface area contributed by atoms with Gasteiger partial charge in [-0.25, -0.2) is 18.6 Å². The second-order valence-electron chi connectivity index (χ2n) is 2.90. The van der Waals surface area contributed by atoms with E-state index in [0.717, 1.165) is 12.4 Å². The highest BCUT2D eigenvalue weighted by molar-refractivity contribution is 5.84. The number of ether oxygens (including phenoxy) is 1. The topological polar surface area (TPSA) is 72.3 Å². The van der Waals surface area contributed by atoms with E-state index in [1.165, 1.54) is 0 Å². The molecule has 9 heteroatoms. The van der Waals surface area contributed by atoms with E-state index in [0.29, 0.717) is 0 Å². The largest absolute Gasteiger partial charge is 0.476 e. The average Bonchev–Trinajstić information content (AvgIpc) is 2.26. The van der Waals surface area contributed by atoms with Gasteiger partial charge in [0.2, 0.25) is 5.88 Å². The van der Waals surface area contributed by atoms with Crippen LogP contribution in [0.4, 0.5) is 17.6 Å². The lowest BCUT2D eigenvalue weighted by Gasteiger charge is -2.15. The number of alkyl halides is 4. The maximum absolute atomic E-state index is 12.5. The second kappa shape index (κ2) is 4.93. The van der Waals surface area contributed by atoms with Gasteiger partial charge in [-0.05, 0) is 0 Å². The quantitative estimate of drug-likeness (QED) is 0.805. The SMILES string of the molecule is O=C(O)c1cncc(OCC(F)(F)C(F)F)n1. The van der Waals surface area contributed by atoms with Gasteiger partial charge >= 0.3 is 18.3 Å². The first-order valence-corrected chi connectivity index (χ1v) is 4.17. The molecule has 0 aliphatic rings. The van der Waals surface area contributed by atoms with Crippen molar-refractivity contribution < 1.29 is 32.2 Å². The van der Waals surface area contributed by atoms with E-state index in [4.69, 9.17) is 5.11 Å². The third-order valence-electron chi connectivity index (χ3n) is 1.56. The van der Waals surface area contributed by atoms with E-state index >= 15 is 0 Å². The van der Waals surface area contributed by atoms with Crippen molar-refractivity contribution in [1.29, 1.82) is 0 Å². The smallest absolute Gasteiger partial charge is 0.356 e. The molecular formula is C8H6F4N2O3. The maximum Gasteiger partial charge on any atom is 0.356 e. The average molecular weight is 254 g/mol. The van der Waals surface area contributed by atoms with Crippen LogP contribution < -0.4 is 4.74 Å². The number of carbonyl (C=O) groups is 1. The first kappa shape index (κ1) is 13.1. The second-order valence-corrected chi connectivity index (χ2v) is 2.90. The van der Waals surface area contributed by atoms with Crippen LogP contribution in [-0.4, -0.2) is 40.0 Å². The molecule has 17 heavy (non-hydrogen) atoms. The Morgan fingerprint density at radius 1 is 1.47 bits per heavy atom. The predicted molar refractivity (Wildman–Crippen MR) is 45.4 cm³/mol. The molecule has 1 aromatic rings. The minimum absolute atomic E-state index is 0.539. The molecule has 0 saturated heterocycles. The monoisotopic (exact) mass is 254 g/mol. The van der Waals surface area contributed by atoms with Crippen molar-refractivity contribution in [3.05, 3.63) is 18.1 Å². The van der Waals surface area contributed by atoms with E-state index in [2.05, 4.69) is 14.7 Å². The Morgan fingerprint density at radius 3 is 2.65 bits per heavy atom. The summed E-state index contributed by atoms with van der Waals surface area (Å²) in [5.41, 5.74) is -0.539. The van der Waals surface area contributed by atoms with Crippen LogP contribution in [0, 0.1) is 0 Å². The maximum atomic E-state index is 12.5. The summed E-state index contributed by atoms with van der Waals surface area (Å²) in [6.45, 7) is -1.61. The molecule has 0 unspecified atom stereocenters. The Morgan fingerprint density at radius 2 is 2.12 bits per heavy atom. The van der Waals surface area contributed by atoms with Gasteiger partial charge in [0.15, 0.2) is 12.3 Å². The molecule has 0 fully saturated rings. The highest BCUT2D eigenvalue weighted by Gasteiger charge is 2.41. The van der Waals surface area contributed by atoms with E-state index in [-0.39, 0.29) is 0 Å². The van der Waals surface area contributed by atoms with E-state index < -0.39 is 36.5 Å². The fraction of sp³-hybridized carbons (Fsp3) is 0.375. The lowest BCUT2D eigenvalue weighted by Crippen LogP contribution is -2.34. The summed E-state index contributed by atoms with van der Waals surface area (Å²) in [6, 6.07) is 0. The van der Waals surface area contributed by atoms with Crippen molar-refractivity contribution in [3.63, 3.8) is 0 Å². The van der Waals surface area contributed by atoms with Crippen molar-refractivity contribution in [2.24, 2.45) is 0 Å². The summed E-state index contributed by atoms with van der Waals surface area (Å²) >= 11 is 0. The normalized spacial score (nSPS) is 11.6. The third kappa shape index (κ3) is 3.54. The number of aromatic carboxylic acids is 1. The Balaban J connectivity index is 2.70. The predicted octanol–water partition coefficient (Wildman–Crippen LogP) is 1.45. The Kier molecular flexibility index (Phi) is 3.81. The molecule has 0 spiro atoms. The molecule has 5 nitrogen and oxygen atoms in total. The van der Waals surface area contributed by atoms with Gasteiger partial charge < -0.3 is 9.84 Å². The highest BCUT2D eigenvalue weighted by Crippen LogP contribution is 2.23. The summed E-state index contributed by atoms with van der Waals surface area (Å²) in [5, 5.41) is 8.50. The van der Waals surface area contributed by atoms with Gasteiger partial charge in [0.05, 0.1) is 12.4 Å². The summed E-state index contributed by atoms with van der Waals surface area (Å²) in [7, 11) is 0. The number of carboxylic acids is 1. The van der Waals surface area contributed by atoms with Crippen LogP contribution in [0.3, 0.4) is 0 Å². The van der Waals surface area contributed by atoms with Crippen molar-refractivity contribution in [3.8, 4) is 5.88 Å². The number of carboxylic acid groups (broad SMARTS) is 1. The van der Waals surface area contributed by atoms with Crippen LogP contribution in [0.1, 0.15) is 10.5 Å². The number of halogens is 4. The molecule has 1 N–H and O–H groups in total. The van der Waals surface area contributed by atoms with Crippen LogP contribution in [0.2, 0.25) is 0 Å². The van der Waals surface area contributed by atoms with Crippen LogP contribution in [0.25, 0.3) is 0 Å². The summed E-state index contributed by atoms with van der Waals surface area (Å²) in [6.07, 6.45) is -2.17. The third-order valence-corrected chi connectivity index (χ3v) is 1.56. The number of rotatable bonds is 5. The standard InChI is InChI=1S/C8H6F4N2O3/c9-7(10)8(11,12)3-17-5-2-13-1-4(14-5)6(15)16/h1-2,7H,3H2,(H,15,16). The van der Waals surface area contributed by atoms with Gasteiger partial charge in [0, 0.05) is 0 Å². The fourth-order valence-electron chi connectivity index (χ4n) is 0.754. The number of nitrogens with zero attached hydrogens (tertiary/aromatic N) is 2. The van der Waals surface area contributed by atoms with Gasteiger partial charge in [0.1, 0.15) is 0 Å². The first-order valence-electron chi connectivity index (χ1n) is 4.17. The molecule has 94 valence electrons. The minimum atomic E-state index is -4.33.